The maximum absolute atomic E-state index is 13.9. The number of para-hydroxylation sites is 1. The SMILES string of the molecule is O=C(O)/C=C/c1cccc(Cl)c1Oc1cccc(Cl)c1F. The summed E-state index contributed by atoms with van der Waals surface area (Å²) >= 11 is 11.7. The third-order valence-electron chi connectivity index (χ3n) is 2.53. The molecule has 2 aromatic rings. The highest BCUT2D eigenvalue weighted by molar-refractivity contribution is 6.32. The predicted octanol–water partition coefficient (Wildman–Crippen LogP) is 5.02. The van der Waals surface area contributed by atoms with Crippen molar-refractivity contribution in [3.63, 3.8) is 0 Å². The van der Waals surface area contributed by atoms with E-state index in [4.69, 9.17) is 33.0 Å². The predicted molar refractivity (Wildman–Crippen MR) is 79.6 cm³/mol. The first kappa shape index (κ1) is 15.4. The largest absolute Gasteiger partial charge is 0.478 e. The van der Waals surface area contributed by atoms with Crippen molar-refractivity contribution < 1.29 is 19.0 Å². The van der Waals surface area contributed by atoms with Gasteiger partial charge in [-0.3, -0.25) is 0 Å². The third kappa shape index (κ3) is 3.74. The maximum atomic E-state index is 13.9. The van der Waals surface area contributed by atoms with Gasteiger partial charge in [0.1, 0.15) is 0 Å². The van der Waals surface area contributed by atoms with Gasteiger partial charge in [-0.1, -0.05) is 41.4 Å². The van der Waals surface area contributed by atoms with Gasteiger partial charge in [0.15, 0.2) is 17.3 Å². The zero-order valence-electron chi connectivity index (χ0n) is 10.5. The molecule has 0 fully saturated rings. The molecule has 0 spiro atoms. The van der Waals surface area contributed by atoms with Crippen LogP contribution >= 0.6 is 23.2 Å². The topological polar surface area (TPSA) is 46.5 Å². The summed E-state index contributed by atoms with van der Waals surface area (Å²) in [7, 11) is 0. The highest BCUT2D eigenvalue weighted by atomic mass is 35.5. The average Bonchev–Trinajstić information content (AvgIpc) is 2.44. The van der Waals surface area contributed by atoms with Gasteiger partial charge in [0.05, 0.1) is 10.0 Å². The molecular weight excluding hydrogens is 318 g/mol. The van der Waals surface area contributed by atoms with Crippen LogP contribution in [0.3, 0.4) is 0 Å². The molecule has 0 aliphatic carbocycles. The van der Waals surface area contributed by atoms with Crippen molar-refractivity contribution in [2.45, 2.75) is 0 Å². The quantitative estimate of drug-likeness (QED) is 0.802. The molecule has 2 rings (SSSR count). The number of halogens is 3. The maximum Gasteiger partial charge on any atom is 0.328 e. The van der Waals surface area contributed by atoms with Gasteiger partial charge in [-0.05, 0) is 24.3 Å². The molecule has 0 aliphatic rings. The molecule has 0 saturated carbocycles. The lowest BCUT2D eigenvalue weighted by atomic mass is 10.2. The molecule has 1 N–H and O–H groups in total. The lowest BCUT2D eigenvalue weighted by Gasteiger charge is -2.11. The Bertz CT molecular complexity index is 714. The van der Waals surface area contributed by atoms with Gasteiger partial charge in [-0.25, -0.2) is 9.18 Å². The first-order valence-electron chi connectivity index (χ1n) is 5.80. The standard InChI is InChI=1S/C15H9Cl2FO3/c16-10-4-2-6-12(14(10)18)21-15-9(7-8-13(19)20)3-1-5-11(15)17/h1-8H,(H,19,20)/b8-7+. The fourth-order valence-electron chi connectivity index (χ4n) is 1.60. The molecule has 0 amide bonds. The van der Waals surface area contributed by atoms with Gasteiger partial charge in [-0.15, -0.1) is 0 Å². The van der Waals surface area contributed by atoms with Gasteiger partial charge >= 0.3 is 5.97 Å². The van der Waals surface area contributed by atoms with Crippen LogP contribution in [0.25, 0.3) is 6.08 Å². The zero-order chi connectivity index (χ0) is 15.4. The molecule has 0 atom stereocenters. The second kappa shape index (κ2) is 6.61. The number of carbonyl (C=O) groups is 1. The van der Waals surface area contributed by atoms with Crippen molar-refractivity contribution in [3.8, 4) is 11.5 Å². The number of carboxylic acid groups (broad SMARTS) is 1. The van der Waals surface area contributed by atoms with Crippen molar-refractivity contribution in [1.82, 2.24) is 0 Å². The Morgan fingerprint density at radius 1 is 1.14 bits per heavy atom. The molecule has 0 bridgehead atoms. The summed E-state index contributed by atoms with van der Waals surface area (Å²) in [5, 5.41) is 8.81. The molecule has 2 aromatic carbocycles. The summed E-state index contributed by atoms with van der Waals surface area (Å²) in [6.07, 6.45) is 2.25. The fourth-order valence-corrected chi connectivity index (χ4v) is 1.98. The van der Waals surface area contributed by atoms with Crippen LogP contribution in [0.5, 0.6) is 11.5 Å². The number of hydrogen-bond donors (Lipinski definition) is 1. The second-order valence-corrected chi connectivity index (χ2v) is 4.80. The molecule has 3 nitrogen and oxygen atoms in total. The lowest BCUT2D eigenvalue weighted by Crippen LogP contribution is -1.93. The van der Waals surface area contributed by atoms with Crippen LogP contribution in [-0.4, -0.2) is 11.1 Å². The molecule has 6 heteroatoms. The Labute approximate surface area is 130 Å². The van der Waals surface area contributed by atoms with E-state index in [1.54, 1.807) is 18.2 Å². The average molecular weight is 327 g/mol. The molecule has 0 aromatic heterocycles. The molecule has 0 heterocycles. The number of ether oxygens (including phenoxy) is 1. The van der Waals surface area contributed by atoms with E-state index in [0.29, 0.717) is 5.56 Å². The molecule has 0 aliphatic heterocycles. The van der Waals surface area contributed by atoms with Crippen LogP contribution in [0.4, 0.5) is 4.39 Å². The summed E-state index contributed by atoms with van der Waals surface area (Å²) < 4.78 is 19.3. The summed E-state index contributed by atoms with van der Waals surface area (Å²) in [5.41, 5.74) is 0.407. The van der Waals surface area contributed by atoms with Crippen molar-refractivity contribution in [2.75, 3.05) is 0 Å². The Morgan fingerprint density at radius 2 is 1.81 bits per heavy atom. The van der Waals surface area contributed by atoms with Crippen LogP contribution in [0.15, 0.2) is 42.5 Å². The van der Waals surface area contributed by atoms with E-state index < -0.39 is 11.8 Å². The summed E-state index contributed by atoms with van der Waals surface area (Å²) in [6, 6.07) is 9.10. The summed E-state index contributed by atoms with van der Waals surface area (Å²) in [6.45, 7) is 0. The minimum atomic E-state index is -1.12. The van der Waals surface area contributed by atoms with Gasteiger partial charge in [-0.2, -0.15) is 0 Å². The van der Waals surface area contributed by atoms with E-state index in [0.717, 1.165) is 6.08 Å². The number of hydrogen-bond acceptors (Lipinski definition) is 2. The normalized spacial score (nSPS) is 10.8. The first-order valence-corrected chi connectivity index (χ1v) is 6.56. The second-order valence-electron chi connectivity index (χ2n) is 3.98. The highest BCUT2D eigenvalue weighted by Crippen LogP contribution is 2.36. The third-order valence-corrected chi connectivity index (χ3v) is 3.12. The van der Waals surface area contributed by atoms with Crippen LogP contribution in [0, 0.1) is 5.82 Å². The van der Waals surface area contributed by atoms with E-state index in [-0.39, 0.29) is 21.5 Å². The van der Waals surface area contributed by atoms with E-state index in [9.17, 15) is 9.18 Å². The fraction of sp³-hybridized carbons (Fsp3) is 0. The molecule has 21 heavy (non-hydrogen) atoms. The number of aliphatic carboxylic acids is 1. The van der Waals surface area contributed by atoms with Crippen molar-refractivity contribution in [1.29, 1.82) is 0 Å². The van der Waals surface area contributed by atoms with Crippen molar-refractivity contribution in [2.24, 2.45) is 0 Å². The number of carboxylic acids is 1. The van der Waals surface area contributed by atoms with Gasteiger partial charge in [0, 0.05) is 11.6 Å². The summed E-state index contributed by atoms with van der Waals surface area (Å²) in [4.78, 5) is 10.6. The Kier molecular flexibility index (Phi) is 4.83. The van der Waals surface area contributed by atoms with Gasteiger partial charge in [0.25, 0.3) is 0 Å². The van der Waals surface area contributed by atoms with Gasteiger partial charge in [0.2, 0.25) is 0 Å². The van der Waals surface area contributed by atoms with E-state index in [2.05, 4.69) is 0 Å². The molecule has 0 radical (unpaired) electrons. The Hall–Kier alpha value is -2.04. The monoisotopic (exact) mass is 326 g/mol. The van der Waals surface area contributed by atoms with E-state index >= 15 is 0 Å². The van der Waals surface area contributed by atoms with Gasteiger partial charge < -0.3 is 9.84 Å². The van der Waals surface area contributed by atoms with Crippen molar-refractivity contribution >= 4 is 35.2 Å². The smallest absolute Gasteiger partial charge is 0.328 e. The van der Waals surface area contributed by atoms with E-state index in [1.165, 1.54) is 24.3 Å². The molecular formula is C15H9Cl2FO3. The molecule has 0 unspecified atom stereocenters. The minimum Gasteiger partial charge on any atom is -0.478 e. The van der Waals surface area contributed by atoms with Crippen molar-refractivity contribution in [3.05, 3.63) is 63.9 Å². The first-order chi connectivity index (χ1) is 9.99. The Balaban J connectivity index is 2.43. The van der Waals surface area contributed by atoms with Crippen LogP contribution in [0.1, 0.15) is 5.56 Å². The number of rotatable bonds is 4. The van der Waals surface area contributed by atoms with E-state index in [1.807, 2.05) is 0 Å². The molecule has 0 saturated heterocycles. The lowest BCUT2D eigenvalue weighted by molar-refractivity contribution is -0.131. The zero-order valence-corrected chi connectivity index (χ0v) is 12.0. The Morgan fingerprint density at radius 3 is 2.52 bits per heavy atom. The minimum absolute atomic E-state index is 0.0813. The van der Waals surface area contributed by atoms with Crippen LogP contribution in [-0.2, 0) is 4.79 Å². The number of benzene rings is 2. The summed E-state index contributed by atoms with van der Waals surface area (Å²) in [5.74, 6) is -1.78. The van der Waals surface area contributed by atoms with Crippen LogP contribution < -0.4 is 4.74 Å². The highest BCUT2D eigenvalue weighted by Gasteiger charge is 2.13. The molecule has 108 valence electrons. The van der Waals surface area contributed by atoms with Crippen LogP contribution in [0.2, 0.25) is 10.0 Å².